The molecule has 0 aromatic heterocycles. The van der Waals surface area contributed by atoms with Crippen LogP contribution < -0.4 is 10.2 Å². The number of halogens is 1. The largest absolute Gasteiger partial charge is 0.465 e. The Bertz CT molecular complexity index is 856. The molecule has 0 atom stereocenters. The SMILES string of the molecule is COC(=O)c1cc(N(C)CC(=O)Nc2ccccc2Br)ccc1[N+](=O)[O-]. The van der Waals surface area contributed by atoms with E-state index in [9.17, 15) is 19.7 Å². The van der Waals surface area contributed by atoms with Crippen LogP contribution in [-0.4, -0.2) is 37.5 Å². The van der Waals surface area contributed by atoms with E-state index in [0.717, 1.165) is 11.6 Å². The van der Waals surface area contributed by atoms with Crippen LogP contribution in [0.1, 0.15) is 10.4 Å². The minimum absolute atomic E-state index is 0.0141. The molecule has 1 N–H and O–H groups in total. The number of carbonyl (C=O) groups is 2. The summed E-state index contributed by atoms with van der Waals surface area (Å²) in [5, 5.41) is 13.8. The maximum absolute atomic E-state index is 12.2. The quantitative estimate of drug-likeness (QED) is 0.436. The molecule has 8 nitrogen and oxygen atoms in total. The van der Waals surface area contributed by atoms with Crippen LogP contribution in [0.2, 0.25) is 0 Å². The van der Waals surface area contributed by atoms with Gasteiger partial charge < -0.3 is 15.0 Å². The highest BCUT2D eigenvalue weighted by Crippen LogP contribution is 2.25. The third-order valence-corrected chi connectivity index (χ3v) is 4.24. The van der Waals surface area contributed by atoms with E-state index in [1.54, 1.807) is 30.1 Å². The van der Waals surface area contributed by atoms with E-state index in [1.165, 1.54) is 18.2 Å². The van der Waals surface area contributed by atoms with Crippen LogP contribution >= 0.6 is 15.9 Å². The first-order valence-electron chi connectivity index (χ1n) is 7.45. The number of para-hydroxylation sites is 1. The van der Waals surface area contributed by atoms with Crippen LogP contribution in [0.5, 0.6) is 0 Å². The molecule has 0 unspecified atom stereocenters. The number of carbonyl (C=O) groups excluding carboxylic acids is 2. The molecule has 9 heteroatoms. The number of anilines is 2. The van der Waals surface area contributed by atoms with Gasteiger partial charge in [-0.15, -0.1) is 0 Å². The summed E-state index contributed by atoms with van der Waals surface area (Å²) >= 11 is 3.35. The molecule has 2 aromatic carbocycles. The number of hydrogen-bond donors (Lipinski definition) is 1. The average Bonchev–Trinajstić information content (AvgIpc) is 2.62. The Morgan fingerprint density at radius 2 is 1.96 bits per heavy atom. The summed E-state index contributed by atoms with van der Waals surface area (Å²) in [6.45, 7) is -0.0141. The molecule has 2 aromatic rings. The van der Waals surface area contributed by atoms with E-state index in [1.807, 2.05) is 6.07 Å². The van der Waals surface area contributed by atoms with E-state index in [2.05, 4.69) is 26.0 Å². The zero-order valence-electron chi connectivity index (χ0n) is 14.1. The highest BCUT2D eigenvalue weighted by Gasteiger charge is 2.22. The molecule has 0 saturated carbocycles. The van der Waals surface area contributed by atoms with Crippen molar-refractivity contribution >= 4 is 44.9 Å². The van der Waals surface area contributed by atoms with Crippen LogP contribution in [0.25, 0.3) is 0 Å². The lowest BCUT2D eigenvalue weighted by molar-refractivity contribution is -0.385. The summed E-state index contributed by atoms with van der Waals surface area (Å²) in [7, 11) is 2.79. The van der Waals surface area contributed by atoms with Gasteiger partial charge in [0.15, 0.2) is 0 Å². The number of rotatable bonds is 6. The molecule has 26 heavy (non-hydrogen) atoms. The van der Waals surface area contributed by atoms with Gasteiger partial charge in [0.25, 0.3) is 5.69 Å². The number of likely N-dealkylation sites (N-methyl/N-ethyl adjacent to an activating group) is 1. The Hall–Kier alpha value is -2.94. The predicted octanol–water partition coefficient (Wildman–Crippen LogP) is 3.22. The third-order valence-electron chi connectivity index (χ3n) is 3.55. The lowest BCUT2D eigenvalue weighted by Crippen LogP contribution is -2.30. The normalized spacial score (nSPS) is 10.1. The number of esters is 1. The number of nitrogens with one attached hydrogen (secondary N) is 1. The minimum atomic E-state index is -0.815. The topological polar surface area (TPSA) is 102 Å². The number of methoxy groups -OCH3 is 1. The van der Waals surface area contributed by atoms with E-state index >= 15 is 0 Å². The number of ether oxygens (including phenoxy) is 1. The number of nitro groups is 1. The highest BCUT2D eigenvalue weighted by molar-refractivity contribution is 9.10. The molecule has 136 valence electrons. The van der Waals surface area contributed by atoms with Gasteiger partial charge in [-0.2, -0.15) is 0 Å². The molecule has 0 aliphatic carbocycles. The molecule has 0 saturated heterocycles. The van der Waals surface area contributed by atoms with Crippen LogP contribution in [0, 0.1) is 10.1 Å². The van der Waals surface area contributed by atoms with Gasteiger partial charge in [-0.05, 0) is 40.2 Å². The van der Waals surface area contributed by atoms with Crippen molar-refractivity contribution in [1.82, 2.24) is 0 Å². The van der Waals surface area contributed by atoms with Gasteiger partial charge in [0.2, 0.25) is 5.91 Å². The molecule has 1 amide bonds. The summed E-state index contributed by atoms with van der Waals surface area (Å²) in [6, 6.07) is 11.2. The number of nitrogens with zero attached hydrogens (tertiary/aromatic N) is 2. The number of benzene rings is 2. The Kier molecular flexibility index (Phi) is 6.29. The fourth-order valence-corrected chi connectivity index (χ4v) is 2.64. The second-order valence-electron chi connectivity index (χ2n) is 5.33. The van der Waals surface area contributed by atoms with Crippen molar-refractivity contribution < 1.29 is 19.2 Å². The van der Waals surface area contributed by atoms with E-state index in [4.69, 9.17) is 0 Å². The summed E-state index contributed by atoms with van der Waals surface area (Å²) in [5.41, 5.74) is 0.572. The van der Waals surface area contributed by atoms with Crippen molar-refractivity contribution in [2.45, 2.75) is 0 Å². The molecule has 0 radical (unpaired) electrons. The summed E-state index contributed by atoms with van der Waals surface area (Å²) in [5.74, 6) is -1.10. The van der Waals surface area contributed by atoms with Crippen molar-refractivity contribution in [1.29, 1.82) is 0 Å². The van der Waals surface area contributed by atoms with Gasteiger partial charge in [0, 0.05) is 23.3 Å². The number of nitro benzene ring substituents is 1. The maximum Gasteiger partial charge on any atom is 0.344 e. The first-order valence-corrected chi connectivity index (χ1v) is 8.25. The predicted molar refractivity (Wildman–Crippen MR) is 100 cm³/mol. The zero-order valence-corrected chi connectivity index (χ0v) is 15.6. The fourth-order valence-electron chi connectivity index (χ4n) is 2.25. The van der Waals surface area contributed by atoms with Gasteiger partial charge in [-0.1, -0.05) is 12.1 Å². The first-order chi connectivity index (χ1) is 12.3. The Morgan fingerprint density at radius 1 is 1.27 bits per heavy atom. The minimum Gasteiger partial charge on any atom is -0.465 e. The molecule has 0 heterocycles. The second kappa shape index (κ2) is 8.43. The van der Waals surface area contributed by atoms with Gasteiger partial charge in [-0.25, -0.2) is 4.79 Å². The zero-order chi connectivity index (χ0) is 19.3. The molecule has 0 aliphatic rings. The lowest BCUT2D eigenvalue weighted by Gasteiger charge is -2.19. The van der Waals surface area contributed by atoms with Crippen LogP contribution in [0.3, 0.4) is 0 Å². The van der Waals surface area contributed by atoms with Crippen molar-refractivity contribution in [3.8, 4) is 0 Å². The molecule has 0 fully saturated rings. The van der Waals surface area contributed by atoms with E-state index < -0.39 is 10.9 Å². The van der Waals surface area contributed by atoms with Crippen LogP contribution in [-0.2, 0) is 9.53 Å². The Balaban J connectivity index is 2.17. The van der Waals surface area contributed by atoms with Gasteiger partial charge in [0.05, 0.1) is 24.3 Å². The number of amides is 1. The summed E-state index contributed by atoms with van der Waals surface area (Å²) in [6.07, 6.45) is 0. The van der Waals surface area contributed by atoms with E-state index in [-0.39, 0.29) is 23.7 Å². The maximum atomic E-state index is 12.2. The molecule has 0 bridgehead atoms. The second-order valence-corrected chi connectivity index (χ2v) is 6.19. The smallest absolute Gasteiger partial charge is 0.344 e. The Morgan fingerprint density at radius 3 is 2.58 bits per heavy atom. The average molecular weight is 422 g/mol. The molecular formula is C17H16BrN3O5. The van der Waals surface area contributed by atoms with Crippen molar-refractivity contribution in [2.24, 2.45) is 0 Å². The van der Waals surface area contributed by atoms with Crippen molar-refractivity contribution in [2.75, 3.05) is 30.9 Å². The van der Waals surface area contributed by atoms with Gasteiger partial charge in [-0.3, -0.25) is 14.9 Å². The Labute approximate surface area is 158 Å². The summed E-state index contributed by atoms with van der Waals surface area (Å²) in [4.78, 5) is 36.0. The standard InChI is InChI=1S/C17H16BrN3O5/c1-20(10-16(22)19-14-6-4-3-5-13(14)18)11-7-8-15(21(24)25)12(9-11)17(23)26-2/h3-9H,10H2,1-2H3,(H,19,22). The summed E-state index contributed by atoms with van der Waals surface area (Å²) < 4.78 is 5.34. The molecule has 0 aliphatic heterocycles. The number of hydrogen-bond acceptors (Lipinski definition) is 6. The fraction of sp³-hybridized carbons (Fsp3) is 0.176. The van der Waals surface area contributed by atoms with Crippen molar-refractivity contribution in [3.63, 3.8) is 0 Å². The van der Waals surface area contributed by atoms with Crippen LogP contribution in [0.4, 0.5) is 17.1 Å². The third kappa shape index (κ3) is 4.57. The first kappa shape index (κ1) is 19.4. The molecular weight excluding hydrogens is 406 g/mol. The monoisotopic (exact) mass is 421 g/mol. The lowest BCUT2D eigenvalue weighted by atomic mass is 10.1. The van der Waals surface area contributed by atoms with Gasteiger partial charge in [0.1, 0.15) is 5.56 Å². The highest BCUT2D eigenvalue weighted by atomic mass is 79.9. The molecule has 2 rings (SSSR count). The van der Waals surface area contributed by atoms with E-state index in [0.29, 0.717) is 11.4 Å². The van der Waals surface area contributed by atoms with Gasteiger partial charge >= 0.3 is 5.97 Å². The molecule has 0 spiro atoms. The van der Waals surface area contributed by atoms with Crippen molar-refractivity contribution in [3.05, 3.63) is 62.6 Å². The van der Waals surface area contributed by atoms with Crippen LogP contribution in [0.15, 0.2) is 46.9 Å².